The number of aromatic nitrogens is 1. The normalized spacial score (nSPS) is 14.9. The largest absolute Gasteiger partial charge is 0.494 e. The van der Waals surface area contributed by atoms with Crippen LogP contribution in [-0.2, 0) is 0 Å². The van der Waals surface area contributed by atoms with Crippen LogP contribution in [0.15, 0.2) is 54.6 Å². The summed E-state index contributed by atoms with van der Waals surface area (Å²) in [6.45, 7) is 6.73. The van der Waals surface area contributed by atoms with Gasteiger partial charge < -0.3 is 15.0 Å². The number of benzene rings is 2. The average Bonchev–Trinajstić information content (AvgIpc) is 3.08. The van der Waals surface area contributed by atoms with Crippen LogP contribution in [0.3, 0.4) is 0 Å². The minimum atomic E-state index is -0.0278. The van der Waals surface area contributed by atoms with Gasteiger partial charge in [0.2, 0.25) is 0 Å². The number of quaternary nitrogens is 1. The Morgan fingerprint density at radius 1 is 1.03 bits per heavy atom. The minimum absolute atomic E-state index is 0.0278. The van der Waals surface area contributed by atoms with Crippen LogP contribution in [0.25, 0.3) is 22.2 Å². The number of nitrogens with zero attached hydrogens (tertiary/aromatic N) is 1. The third kappa shape index (κ3) is 5.42. The zero-order chi connectivity index (χ0) is 21.5. The van der Waals surface area contributed by atoms with Crippen LogP contribution in [0.4, 0.5) is 0 Å². The Balaban J connectivity index is 1.53. The predicted octanol–water partition coefficient (Wildman–Crippen LogP) is 3.49. The van der Waals surface area contributed by atoms with Gasteiger partial charge in [0.15, 0.2) is 0 Å². The number of hydrogen-bond donors (Lipinski definition) is 2. The van der Waals surface area contributed by atoms with E-state index in [1.165, 1.54) is 38.8 Å². The summed E-state index contributed by atoms with van der Waals surface area (Å²) in [7, 11) is 0. The summed E-state index contributed by atoms with van der Waals surface area (Å²) >= 11 is 0. The molecule has 1 aliphatic rings. The van der Waals surface area contributed by atoms with E-state index in [9.17, 15) is 4.79 Å². The Morgan fingerprint density at radius 3 is 2.52 bits per heavy atom. The van der Waals surface area contributed by atoms with Crippen LogP contribution in [0.2, 0.25) is 0 Å². The van der Waals surface area contributed by atoms with Crippen LogP contribution in [0.1, 0.15) is 43.0 Å². The fraction of sp³-hybridized carbons (Fsp3) is 0.385. The molecule has 2 heterocycles. The molecule has 5 heteroatoms. The van der Waals surface area contributed by atoms with E-state index in [0.29, 0.717) is 18.7 Å². The topological polar surface area (TPSA) is 55.7 Å². The summed E-state index contributed by atoms with van der Waals surface area (Å²) in [6, 6.07) is 17.6. The first-order valence-electron chi connectivity index (χ1n) is 11.5. The van der Waals surface area contributed by atoms with Crippen LogP contribution >= 0.6 is 0 Å². The van der Waals surface area contributed by atoms with Gasteiger partial charge >= 0.3 is 0 Å². The summed E-state index contributed by atoms with van der Waals surface area (Å²) in [5, 5.41) is 4.04. The number of pyridine rings is 1. The van der Waals surface area contributed by atoms with Gasteiger partial charge in [0.25, 0.3) is 5.91 Å². The summed E-state index contributed by atoms with van der Waals surface area (Å²) in [4.78, 5) is 19.5. The highest BCUT2D eigenvalue weighted by Gasteiger charge is 2.16. The van der Waals surface area contributed by atoms with E-state index in [0.717, 1.165) is 34.5 Å². The summed E-state index contributed by atoms with van der Waals surface area (Å²) in [5.74, 6) is 0.807. The Hall–Kier alpha value is -2.92. The summed E-state index contributed by atoms with van der Waals surface area (Å²) in [6.07, 6.45) is 5.27. The van der Waals surface area contributed by atoms with Crippen LogP contribution in [-0.4, -0.2) is 43.7 Å². The van der Waals surface area contributed by atoms with Crippen molar-refractivity contribution in [1.29, 1.82) is 0 Å². The number of fused-ring (bicyclic) bond motifs is 1. The lowest BCUT2D eigenvalue weighted by Gasteiger charge is -2.17. The SMILES string of the molecule is CCOc1ccc(-c2cc(C(=O)NCC[NH+]3CCCCCC3)c3ccccc3n2)cc1. The van der Waals surface area contributed by atoms with Gasteiger partial charge in [0.1, 0.15) is 5.75 Å². The number of ether oxygens (including phenoxy) is 1. The maximum Gasteiger partial charge on any atom is 0.252 e. The monoisotopic (exact) mass is 418 g/mol. The first-order chi connectivity index (χ1) is 15.2. The van der Waals surface area contributed by atoms with E-state index >= 15 is 0 Å². The second-order valence-electron chi connectivity index (χ2n) is 8.20. The van der Waals surface area contributed by atoms with Crippen LogP contribution in [0.5, 0.6) is 5.75 Å². The molecule has 3 aromatic rings. The molecule has 2 aromatic carbocycles. The van der Waals surface area contributed by atoms with Crippen molar-refractivity contribution in [3.8, 4) is 17.0 Å². The Labute approximate surface area is 184 Å². The molecule has 0 atom stereocenters. The molecule has 0 unspecified atom stereocenters. The Kier molecular flexibility index (Phi) is 7.15. The van der Waals surface area contributed by atoms with Crippen molar-refractivity contribution in [2.75, 3.05) is 32.8 Å². The molecule has 1 aromatic heterocycles. The molecule has 0 radical (unpaired) electrons. The molecule has 0 spiro atoms. The van der Waals surface area contributed by atoms with Gasteiger partial charge in [-0.2, -0.15) is 0 Å². The number of rotatable bonds is 7. The third-order valence-electron chi connectivity index (χ3n) is 6.00. The Bertz CT molecular complexity index is 1010. The predicted molar refractivity (Wildman–Crippen MR) is 125 cm³/mol. The van der Waals surface area contributed by atoms with Crippen molar-refractivity contribution < 1.29 is 14.4 Å². The van der Waals surface area contributed by atoms with Gasteiger partial charge in [-0.3, -0.25) is 4.79 Å². The lowest BCUT2D eigenvalue weighted by molar-refractivity contribution is -0.898. The smallest absolute Gasteiger partial charge is 0.252 e. The Morgan fingerprint density at radius 2 is 1.77 bits per heavy atom. The number of nitrogens with one attached hydrogen (secondary N) is 2. The number of amides is 1. The summed E-state index contributed by atoms with van der Waals surface area (Å²) in [5.41, 5.74) is 3.28. The fourth-order valence-corrected chi connectivity index (χ4v) is 4.33. The molecule has 31 heavy (non-hydrogen) atoms. The number of carbonyl (C=O) groups is 1. The van der Waals surface area contributed by atoms with E-state index < -0.39 is 0 Å². The lowest BCUT2D eigenvalue weighted by Crippen LogP contribution is -3.12. The third-order valence-corrected chi connectivity index (χ3v) is 6.00. The van der Waals surface area contributed by atoms with E-state index in [4.69, 9.17) is 9.72 Å². The lowest BCUT2D eigenvalue weighted by atomic mass is 10.0. The number of hydrogen-bond acceptors (Lipinski definition) is 3. The van der Waals surface area contributed by atoms with Gasteiger partial charge in [0, 0.05) is 10.9 Å². The molecule has 2 N–H and O–H groups in total. The molecule has 1 aliphatic heterocycles. The molecule has 0 saturated carbocycles. The van der Waals surface area contributed by atoms with Gasteiger partial charge in [0.05, 0.1) is 49.6 Å². The van der Waals surface area contributed by atoms with Crippen molar-refractivity contribution in [2.24, 2.45) is 0 Å². The average molecular weight is 419 g/mol. The highest BCUT2D eigenvalue weighted by molar-refractivity contribution is 6.07. The molecule has 1 amide bonds. The van der Waals surface area contributed by atoms with E-state index in [-0.39, 0.29) is 5.91 Å². The second kappa shape index (κ2) is 10.4. The maximum absolute atomic E-state index is 13.1. The molecular weight excluding hydrogens is 386 g/mol. The number of likely N-dealkylation sites (tertiary alicyclic amines) is 1. The first kappa shape index (κ1) is 21.3. The molecule has 4 rings (SSSR count). The van der Waals surface area contributed by atoms with Gasteiger partial charge in [-0.1, -0.05) is 18.2 Å². The molecular formula is C26H32N3O2+. The molecule has 0 aliphatic carbocycles. The zero-order valence-electron chi connectivity index (χ0n) is 18.3. The fourth-order valence-electron chi connectivity index (χ4n) is 4.33. The van der Waals surface area contributed by atoms with Crippen molar-refractivity contribution in [1.82, 2.24) is 10.3 Å². The first-order valence-corrected chi connectivity index (χ1v) is 11.5. The highest BCUT2D eigenvalue weighted by atomic mass is 16.5. The number of carbonyl (C=O) groups excluding carboxylic acids is 1. The van der Waals surface area contributed by atoms with Gasteiger partial charge in [-0.25, -0.2) is 4.98 Å². The van der Waals surface area contributed by atoms with Crippen molar-refractivity contribution in [2.45, 2.75) is 32.6 Å². The van der Waals surface area contributed by atoms with Crippen molar-refractivity contribution in [3.63, 3.8) is 0 Å². The van der Waals surface area contributed by atoms with E-state index in [2.05, 4.69) is 5.32 Å². The van der Waals surface area contributed by atoms with Gasteiger partial charge in [-0.15, -0.1) is 0 Å². The zero-order valence-corrected chi connectivity index (χ0v) is 18.3. The standard InChI is InChI=1S/C26H31N3O2/c1-2-31-21-13-11-20(12-14-21)25-19-23(22-9-5-6-10-24(22)28-25)26(30)27-15-18-29-16-7-3-4-8-17-29/h5-6,9-14,19H,2-4,7-8,15-18H2,1H3,(H,27,30)/p+1. The molecule has 0 bridgehead atoms. The van der Waals surface area contributed by atoms with Crippen molar-refractivity contribution >= 4 is 16.8 Å². The molecule has 1 fully saturated rings. The van der Waals surface area contributed by atoms with Crippen LogP contribution < -0.4 is 15.0 Å². The summed E-state index contributed by atoms with van der Waals surface area (Å²) < 4.78 is 5.54. The second-order valence-corrected chi connectivity index (χ2v) is 8.20. The minimum Gasteiger partial charge on any atom is -0.494 e. The van der Waals surface area contributed by atoms with Crippen molar-refractivity contribution in [3.05, 3.63) is 60.2 Å². The van der Waals surface area contributed by atoms with Crippen LogP contribution in [0, 0.1) is 0 Å². The quantitative estimate of drug-likeness (QED) is 0.618. The van der Waals surface area contributed by atoms with E-state index in [1.54, 1.807) is 4.90 Å². The molecule has 5 nitrogen and oxygen atoms in total. The molecule has 162 valence electrons. The molecule has 1 saturated heterocycles. The highest BCUT2D eigenvalue weighted by Crippen LogP contribution is 2.26. The van der Waals surface area contributed by atoms with E-state index in [1.807, 2.05) is 61.5 Å². The maximum atomic E-state index is 13.1. The number of para-hydroxylation sites is 1. The van der Waals surface area contributed by atoms with Gasteiger partial charge in [-0.05, 0) is 69.0 Å².